The normalized spacial score (nSPS) is 14.4. The van der Waals surface area contributed by atoms with E-state index in [1.165, 1.54) is 5.57 Å². The molecule has 0 aromatic carbocycles. The Bertz CT molecular complexity index is 293. The summed E-state index contributed by atoms with van der Waals surface area (Å²) < 4.78 is 0. The van der Waals surface area contributed by atoms with E-state index in [0.717, 1.165) is 12.8 Å². The Morgan fingerprint density at radius 1 is 1.39 bits per heavy atom. The van der Waals surface area contributed by atoms with Crippen LogP contribution in [0.3, 0.4) is 0 Å². The Kier molecular flexibility index (Phi) is 9.52. The minimum absolute atomic E-state index is 0.0626. The molecular weight excluding hydrogens is 226 g/mol. The zero-order valence-corrected chi connectivity index (χ0v) is 12.1. The van der Waals surface area contributed by atoms with Crippen LogP contribution in [0.2, 0.25) is 0 Å². The van der Waals surface area contributed by atoms with Crippen LogP contribution in [0.5, 0.6) is 0 Å². The second-order valence-corrected chi connectivity index (χ2v) is 4.96. The molecule has 0 rings (SSSR count). The van der Waals surface area contributed by atoms with E-state index >= 15 is 0 Å². The van der Waals surface area contributed by atoms with E-state index in [0.29, 0.717) is 6.42 Å². The molecule has 2 N–H and O–H groups in total. The Morgan fingerprint density at radius 3 is 2.56 bits per heavy atom. The molecule has 1 unspecified atom stereocenters. The van der Waals surface area contributed by atoms with Crippen molar-refractivity contribution in [3.63, 3.8) is 0 Å². The fraction of sp³-hybridized carbons (Fsp3) is 0.667. The molecule has 0 aliphatic heterocycles. The van der Waals surface area contributed by atoms with Gasteiger partial charge in [-0.1, -0.05) is 37.6 Å². The summed E-state index contributed by atoms with van der Waals surface area (Å²) in [5, 5.41) is 11.9. The number of hydrogen-bond donors (Lipinski definition) is 2. The molecule has 0 fully saturated rings. The van der Waals surface area contributed by atoms with Gasteiger partial charge in [-0.2, -0.15) is 0 Å². The maximum absolute atomic E-state index is 11.7. The average Bonchev–Trinajstić information content (AvgIpc) is 2.33. The lowest BCUT2D eigenvalue weighted by atomic mass is 9.97. The molecule has 3 nitrogen and oxygen atoms in total. The lowest BCUT2D eigenvalue weighted by Gasteiger charge is -2.17. The Hall–Kier alpha value is -0.930. The van der Waals surface area contributed by atoms with Crippen LogP contribution in [0.15, 0.2) is 23.8 Å². The lowest BCUT2D eigenvalue weighted by Crippen LogP contribution is -2.33. The van der Waals surface area contributed by atoms with Crippen LogP contribution in [-0.2, 0) is 4.79 Å². The third-order valence-electron chi connectivity index (χ3n) is 2.93. The van der Waals surface area contributed by atoms with Gasteiger partial charge < -0.3 is 5.11 Å². The number of aliphatic hydroxyl groups is 1. The molecular formula is C15H27NO2. The van der Waals surface area contributed by atoms with Gasteiger partial charge in [-0.15, -0.1) is 0 Å². The number of ketones is 1. The van der Waals surface area contributed by atoms with E-state index in [4.69, 9.17) is 5.11 Å². The summed E-state index contributed by atoms with van der Waals surface area (Å²) in [6.07, 6.45) is 8.40. The molecule has 0 aliphatic carbocycles. The molecule has 18 heavy (non-hydrogen) atoms. The van der Waals surface area contributed by atoms with Crippen molar-refractivity contribution in [3.8, 4) is 0 Å². The van der Waals surface area contributed by atoms with Crippen LogP contribution in [-0.4, -0.2) is 23.7 Å². The Balaban J connectivity index is 4.23. The number of aliphatic hydroxyl groups excluding tert-OH is 1. The first kappa shape index (κ1) is 17.1. The van der Waals surface area contributed by atoms with Gasteiger partial charge in [-0.05, 0) is 26.7 Å². The van der Waals surface area contributed by atoms with Gasteiger partial charge in [0.25, 0.3) is 0 Å². The number of Topliss-reactive ketones (excluding diaryl/α,β-unsaturated/α-hetero) is 1. The summed E-state index contributed by atoms with van der Waals surface area (Å²) in [5.41, 5.74) is 1.29. The fourth-order valence-corrected chi connectivity index (χ4v) is 1.63. The first-order chi connectivity index (χ1) is 8.51. The van der Waals surface area contributed by atoms with Crippen molar-refractivity contribution in [1.82, 2.24) is 5.32 Å². The van der Waals surface area contributed by atoms with Crippen LogP contribution in [0.25, 0.3) is 0 Å². The van der Waals surface area contributed by atoms with Crippen molar-refractivity contribution < 1.29 is 9.90 Å². The van der Waals surface area contributed by atoms with Crippen molar-refractivity contribution in [3.05, 3.63) is 23.8 Å². The van der Waals surface area contributed by atoms with Gasteiger partial charge in [0.15, 0.2) is 0 Å². The second kappa shape index (κ2) is 10.0. The lowest BCUT2D eigenvalue weighted by molar-refractivity contribution is -0.122. The van der Waals surface area contributed by atoms with Crippen molar-refractivity contribution in [2.45, 2.75) is 53.0 Å². The summed E-state index contributed by atoms with van der Waals surface area (Å²) in [6, 6.07) is 0.0684. The zero-order chi connectivity index (χ0) is 14.0. The monoisotopic (exact) mass is 253 g/mol. The second-order valence-electron chi connectivity index (χ2n) is 4.96. The minimum Gasteiger partial charge on any atom is -0.381 e. The van der Waals surface area contributed by atoms with E-state index in [-0.39, 0.29) is 24.5 Å². The van der Waals surface area contributed by atoms with E-state index in [9.17, 15) is 4.79 Å². The topological polar surface area (TPSA) is 49.3 Å². The molecule has 3 heteroatoms. The highest BCUT2D eigenvalue weighted by atomic mass is 16.3. The molecule has 0 heterocycles. The molecule has 0 bridgehead atoms. The van der Waals surface area contributed by atoms with Crippen LogP contribution in [0.4, 0.5) is 0 Å². The summed E-state index contributed by atoms with van der Waals surface area (Å²) in [6.45, 7) is 7.82. The predicted molar refractivity (Wildman–Crippen MR) is 76.3 cm³/mol. The van der Waals surface area contributed by atoms with Crippen LogP contribution < -0.4 is 5.32 Å². The molecule has 0 aliphatic rings. The SMILES string of the molecule is C/C=C\C=C(/C)CCC(CC(=O)C(C)C)NCO. The van der Waals surface area contributed by atoms with Crippen molar-refractivity contribution in [2.75, 3.05) is 6.73 Å². The average molecular weight is 253 g/mol. The van der Waals surface area contributed by atoms with Gasteiger partial charge in [0.1, 0.15) is 5.78 Å². The van der Waals surface area contributed by atoms with E-state index < -0.39 is 0 Å². The Labute approximate surface area is 111 Å². The molecule has 104 valence electrons. The molecule has 0 saturated heterocycles. The summed E-state index contributed by atoms with van der Waals surface area (Å²) in [7, 11) is 0. The van der Waals surface area contributed by atoms with Crippen LogP contribution >= 0.6 is 0 Å². The third-order valence-corrected chi connectivity index (χ3v) is 2.93. The smallest absolute Gasteiger partial charge is 0.136 e. The highest BCUT2D eigenvalue weighted by molar-refractivity contribution is 5.80. The summed E-state index contributed by atoms with van der Waals surface area (Å²) in [5.74, 6) is 0.309. The quantitative estimate of drug-likeness (QED) is 0.491. The fourth-order valence-electron chi connectivity index (χ4n) is 1.63. The highest BCUT2D eigenvalue weighted by Crippen LogP contribution is 2.12. The van der Waals surface area contributed by atoms with Crippen molar-refractivity contribution >= 4 is 5.78 Å². The maximum atomic E-state index is 11.7. The molecule has 1 atom stereocenters. The summed E-state index contributed by atoms with van der Waals surface area (Å²) >= 11 is 0. The number of nitrogens with one attached hydrogen (secondary N) is 1. The van der Waals surface area contributed by atoms with Crippen LogP contribution in [0.1, 0.15) is 47.0 Å². The van der Waals surface area contributed by atoms with E-state index in [1.807, 2.05) is 32.9 Å². The van der Waals surface area contributed by atoms with E-state index in [1.54, 1.807) is 0 Å². The summed E-state index contributed by atoms with van der Waals surface area (Å²) in [4.78, 5) is 11.7. The van der Waals surface area contributed by atoms with Gasteiger partial charge >= 0.3 is 0 Å². The maximum Gasteiger partial charge on any atom is 0.136 e. The number of hydrogen-bond acceptors (Lipinski definition) is 3. The highest BCUT2D eigenvalue weighted by Gasteiger charge is 2.15. The molecule has 0 aromatic rings. The van der Waals surface area contributed by atoms with E-state index in [2.05, 4.69) is 18.3 Å². The van der Waals surface area contributed by atoms with Gasteiger partial charge in [-0.3, -0.25) is 10.1 Å². The van der Waals surface area contributed by atoms with Gasteiger partial charge in [0.2, 0.25) is 0 Å². The number of rotatable bonds is 9. The van der Waals surface area contributed by atoms with Gasteiger partial charge in [-0.25, -0.2) is 0 Å². The van der Waals surface area contributed by atoms with Crippen LogP contribution in [0, 0.1) is 5.92 Å². The van der Waals surface area contributed by atoms with Crippen molar-refractivity contribution in [2.24, 2.45) is 5.92 Å². The molecule has 0 radical (unpaired) electrons. The first-order valence-corrected chi connectivity index (χ1v) is 6.66. The molecule has 0 aromatic heterocycles. The standard InChI is InChI=1S/C15H27NO2/c1-5-6-7-13(4)8-9-14(16-11-17)10-15(18)12(2)3/h5-7,12,14,16-17H,8-11H2,1-4H3/b6-5-,13-7+. The third kappa shape index (κ3) is 8.20. The number of carbonyl (C=O) groups excluding carboxylic acids is 1. The van der Waals surface area contributed by atoms with Gasteiger partial charge in [0, 0.05) is 18.4 Å². The van der Waals surface area contributed by atoms with Crippen molar-refractivity contribution in [1.29, 1.82) is 0 Å². The first-order valence-electron chi connectivity index (χ1n) is 6.66. The largest absolute Gasteiger partial charge is 0.381 e. The Morgan fingerprint density at radius 2 is 2.06 bits per heavy atom. The zero-order valence-electron chi connectivity index (χ0n) is 12.1. The number of carbonyl (C=O) groups is 1. The molecule has 0 saturated carbocycles. The molecule has 0 spiro atoms. The number of allylic oxidation sites excluding steroid dienone is 4. The minimum atomic E-state index is -0.0757. The molecule has 0 amide bonds. The predicted octanol–water partition coefficient (Wildman–Crippen LogP) is 2.81. The van der Waals surface area contributed by atoms with Gasteiger partial charge in [0.05, 0.1) is 6.73 Å².